The molecule has 1 amide bonds. The number of aromatic nitrogens is 4. The van der Waals surface area contributed by atoms with Gasteiger partial charge in [0.05, 0.1) is 5.56 Å². The van der Waals surface area contributed by atoms with Gasteiger partial charge in [-0.15, -0.1) is 10.2 Å². The standard InChI is InChI=1S/C18H24F3N5O/c1-16(2,3)11-17(4,5)22-14(27)10-26-24-15(23-25-26)12-7-6-8-13(9-12)18(19,20)21/h6-9H,10-11H2,1-5H3,(H,22,27). The van der Waals surface area contributed by atoms with E-state index in [0.717, 1.165) is 23.4 Å². The lowest BCUT2D eigenvalue weighted by Crippen LogP contribution is -2.47. The minimum absolute atomic E-state index is 0.0304. The van der Waals surface area contributed by atoms with E-state index in [2.05, 4.69) is 41.5 Å². The number of hydrogen-bond acceptors (Lipinski definition) is 4. The molecule has 1 N–H and O–H groups in total. The van der Waals surface area contributed by atoms with Crippen molar-refractivity contribution in [3.8, 4) is 11.4 Å². The number of benzene rings is 1. The molecule has 0 fully saturated rings. The normalized spacial score (nSPS) is 12.9. The zero-order valence-electron chi connectivity index (χ0n) is 16.1. The van der Waals surface area contributed by atoms with Gasteiger partial charge in [-0.25, -0.2) is 0 Å². The zero-order valence-corrected chi connectivity index (χ0v) is 16.1. The summed E-state index contributed by atoms with van der Waals surface area (Å²) in [6.45, 7) is 9.95. The van der Waals surface area contributed by atoms with Crippen LogP contribution in [0.5, 0.6) is 0 Å². The van der Waals surface area contributed by atoms with Crippen molar-refractivity contribution in [2.45, 2.75) is 59.3 Å². The van der Waals surface area contributed by atoms with Crippen LogP contribution in [0.2, 0.25) is 0 Å². The third kappa shape index (κ3) is 6.33. The lowest BCUT2D eigenvalue weighted by molar-refractivity contribution is -0.137. The highest BCUT2D eigenvalue weighted by molar-refractivity contribution is 5.76. The molecule has 1 aromatic carbocycles. The average Bonchev–Trinajstić information content (AvgIpc) is 2.91. The van der Waals surface area contributed by atoms with Crippen LogP contribution in [0.4, 0.5) is 13.2 Å². The summed E-state index contributed by atoms with van der Waals surface area (Å²) in [5.74, 6) is -0.264. The number of hydrogen-bond donors (Lipinski definition) is 1. The van der Waals surface area contributed by atoms with Crippen molar-refractivity contribution >= 4 is 5.91 Å². The Morgan fingerprint density at radius 2 is 1.81 bits per heavy atom. The number of carbonyl (C=O) groups is 1. The van der Waals surface area contributed by atoms with E-state index in [9.17, 15) is 18.0 Å². The highest BCUT2D eigenvalue weighted by Crippen LogP contribution is 2.31. The van der Waals surface area contributed by atoms with E-state index >= 15 is 0 Å². The molecule has 0 aliphatic heterocycles. The molecule has 0 saturated carbocycles. The lowest BCUT2D eigenvalue weighted by atomic mass is 9.82. The second-order valence-electron chi connectivity index (χ2n) is 8.39. The van der Waals surface area contributed by atoms with Gasteiger partial charge in [-0.1, -0.05) is 32.9 Å². The molecule has 27 heavy (non-hydrogen) atoms. The smallest absolute Gasteiger partial charge is 0.350 e. The Labute approximate surface area is 156 Å². The molecular weight excluding hydrogens is 359 g/mol. The van der Waals surface area contributed by atoms with Gasteiger partial charge in [0, 0.05) is 11.1 Å². The van der Waals surface area contributed by atoms with Gasteiger partial charge in [-0.3, -0.25) is 4.79 Å². The van der Waals surface area contributed by atoms with Gasteiger partial charge in [-0.2, -0.15) is 18.0 Å². The highest BCUT2D eigenvalue weighted by atomic mass is 19.4. The third-order valence-electron chi connectivity index (χ3n) is 3.64. The summed E-state index contributed by atoms with van der Waals surface area (Å²) in [5.41, 5.74) is -0.985. The first-order valence-corrected chi connectivity index (χ1v) is 8.52. The van der Waals surface area contributed by atoms with E-state index in [1.165, 1.54) is 12.1 Å². The molecular formula is C18H24F3N5O. The maximum Gasteiger partial charge on any atom is 0.416 e. The van der Waals surface area contributed by atoms with E-state index in [-0.39, 0.29) is 29.3 Å². The van der Waals surface area contributed by atoms with Crippen molar-refractivity contribution in [1.29, 1.82) is 0 Å². The summed E-state index contributed by atoms with van der Waals surface area (Å²) in [4.78, 5) is 13.3. The first-order chi connectivity index (χ1) is 12.3. The summed E-state index contributed by atoms with van der Waals surface area (Å²) < 4.78 is 38.5. The van der Waals surface area contributed by atoms with E-state index in [0.29, 0.717) is 0 Å². The van der Waals surface area contributed by atoms with Crippen molar-refractivity contribution in [2.24, 2.45) is 5.41 Å². The Hall–Kier alpha value is -2.45. The SMILES string of the molecule is CC(C)(C)CC(C)(C)NC(=O)Cn1nnc(-c2cccc(C(F)(F)F)c2)n1. The summed E-state index contributed by atoms with van der Waals surface area (Å²) in [6.07, 6.45) is -3.68. The maximum absolute atomic E-state index is 12.8. The van der Waals surface area contributed by atoms with Crippen LogP contribution in [-0.2, 0) is 17.5 Å². The van der Waals surface area contributed by atoms with Gasteiger partial charge in [0.25, 0.3) is 0 Å². The molecule has 1 heterocycles. The zero-order chi connectivity index (χ0) is 20.5. The van der Waals surface area contributed by atoms with Gasteiger partial charge >= 0.3 is 6.18 Å². The van der Waals surface area contributed by atoms with Crippen LogP contribution in [0.3, 0.4) is 0 Å². The monoisotopic (exact) mass is 383 g/mol. The summed E-state index contributed by atoms with van der Waals surface area (Å²) in [7, 11) is 0. The van der Waals surface area contributed by atoms with Crippen LogP contribution < -0.4 is 5.32 Å². The molecule has 0 unspecified atom stereocenters. The van der Waals surface area contributed by atoms with E-state index in [1.807, 2.05) is 13.8 Å². The van der Waals surface area contributed by atoms with E-state index < -0.39 is 17.3 Å². The van der Waals surface area contributed by atoms with Crippen molar-refractivity contribution in [1.82, 2.24) is 25.5 Å². The van der Waals surface area contributed by atoms with Crippen LogP contribution in [0.15, 0.2) is 24.3 Å². The molecule has 2 aromatic rings. The second-order valence-corrected chi connectivity index (χ2v) is 8.39. The van der Waals surface area contributed by atoms with Crippen molar-refractivity contribution in [2.75, 3.05) is 0 Å². The molecule has 0 radical (unpaired) electrons. The van der Waals surface area contributed by atoms with E-state index in [4.69, 9.17) is 0 Å². The highest BCUT2D eigenvalue weighted by Gasteiger charge is 2.31. The van der Waals surface area contributed by atoms with Gasteiger partial charge < -0.3 is 5.32 Å². The topological polar surface area (TPSA) is 72.7 Å². The quantitative estimate of drug-likeness (QED) is 0.855. The molecule has 9 heteroatoms. The first-order valence-electron chi connectivity index (χ1n) is 8.52. The van der Waals surface area contributed by atoms with E-state index in [1.54, 1.807) is 0 Å². The summed E-state index contributed by atoms with van der Waals surface area (Å²) >= 11 is 0. The van der Waals surface area contributed by atoms with Crippen LogP contribution in [0.1, 0.15) is 46.6 Å². The second kappa shape index (κ2) is 7.28. The molecule has 0 aliphatic carbocycles. The van der Waals surface area contributed by atoms with Gasteiger partial charge in [0.1, 0.15) is 6.54 Å². The number of nitrogens with one attached hydrogen (secondary N) is 1. The van der Waals surface area contributed by atoms with Crippen LogP contribution in [0.25, 0.3) is 11.4 Å². The Kier molecular flexibility index (Phi) is 5.63. The van der Waals surface area contributed by atoms with Crippen molar-refractivity contribution in [3.63, 3.8) is 0 Å². The van der Waals surface area contributed by atoms with Crippen LogP contribution in [0, 0.1) is 5.41 Å². The molecule has 148 valence electrons. The molecule has 0 atom stereocenters. The first kappa shape index (κ1) is 20.9. The average molecular weight is 383 g/mol. The Morgan fingerprint density at radius 1 is 1.15 bits per heavy atom. The van der Waals surface area contributed by atoms with Crippen molar-refractivity contribution in [3.05, 3.63) is 29.8 Å². The Morgan fingerprint density at radius 3 is 2.41 bits per heavy atom. The largest absolute Gasteiger partial charge is 0.416 e. The van der Waals surface area contributed by atoms with Crippen LogP contribution in [-0.4, -0.2) is 31.7 Å². The number of carbonyl (C=O) groups excluding carboxylic acids is 1. The molecule has 0 saturated heterocycles. The summed E-state index contributed by atoms with van der Waals surface area (Å²) in [6, 6.07) is 4.66. The minimum atomic E-state index is -4.45. The number of nitrogens with zero attached hydrogens (tertiary/aromatic N) is 4. The van der Waals surface area contributed by atoms with Gasteiger partial charge in [0.15, 0.2) is 0 Å². The lowest BCUT2D eigenvalue weighted by Gasteiger charge is -2.33. The number of tetrazole rings is 1. The number of alkyl halides is 3. The number of rotatable bonds is 5. The summed E-state index contributed by atoms with van der Waals surface area (Å²) in [5, 5.41) is 14.5. The Bertz CT molecular complexity index is 806. The van der Waals surface area contributed by atoms with Gasteiger partial charge in [0.2, 0.25) is 11.7 Å². The van der Waals surface area contributed by atoms with Crippen LogP contribution >= 0.6 is 0 Å². The third-order valence-corrected chi connectivity index (χ3v) is 3.64. The predicted octanol–water partition coefficient (Wildman–Crippen LogP) is 3.69. The number of halogens is 3. The molecule has 2 rings (SSSR count). The molecule has 0 bridgehead atoms. The Balaban J connectivity index is 2.07. The van der Waals surface area contributed by atoms with Crippen molar-refractivity contribution < 1.29 is 18.0 Å². The fourth-order valence-corrected chi connectivity index (χ4v) is 3.18. The molecule has 1 aromatic heterocycles. The molecule has 0 aliphatic rings. The minimum Gasteiger partial charge on any atom is -0.350 e. The molecule has 0 spiro atoms. The molecule has 6 nitrogen and oxygen atoms in total. The number of amides is 1. The van der Waals surface area contributed by atoms with Gasteiger partial charge in [-0.05, 0) is 43.0 Å². The fourth-order valence-electron chi connectivity index (χ4n) is 3.18. The maximum atomic E-state index is 12.8. The fraction of sp³-hybridized carbons (Fsp3) is 0.556. The predicted molar refractivity (Wildman–Crippen MR) is 94.5 cm³/mol.